The average molecular weight is 456 g/mol. The van der Waals surface area contributed by atoms with Crippen molar-refractivity contribution in [2.24, 2.45) is 5.73 Å². The van der Waals surface area contributed by atoms with Crippen LogP contribution in [0, 0.1) is 0 Å². The molecule has 5 heteroatoms. The topological polar surface area (TPSA) is 58.8 Å². The van der Waals surface area contributed by atoms with Crippen molar-refractivity contribution in [2.75, 3.05) is 43.1 Å². The lowest BCUT2D eigenvalue weighted by atomic mass is 9.91. The van der Waals surface area contributed by atoms with E-state index in [2.05, 4.69) is 59.2 Å². The van der Waals surface area contributed by atoms with Gasteiger partial charge in [0.05, 0.1) is 24.0 Å². The summed E-state index contributed by atoms with van der Waals surface area (Å²) < 4.78 is 5.59. The second kappa shape index (κ2) is 9.41. The number of unbranched alkanes of at least 4 members (excludes halogenated alkanes) is 1. The summed E-state index contributed by atoms with van der Waals surface area (Å²) >= 11 is 0. The number of benzene rings is 3. The summed E-state index contributed by atoms with van der Waals surface area (Å²) in [4.78, 5) is 17.6. The van der Waals surface area contributed by atoms with E-state index in [1.54, 1.807) is 7.11 Å². The Bertz CT molecular complexity index is 1210. The van der Waals surface area contributed by atoms with Crippen LogP contribution in [0.15, 0.2) is 54.6 Å². The third-order valence-corrected chi connectivity index (χ3v) is 7.23. The lowest BCUT2D eigenvalue weighted by Crippen LogP contribution is -2.47. The number of hydrogen-bond acceptors (Lipinski definition) is 4. The molecule has 0 atom stereocenters. The number of nitrogens with two attached hydrogens (primary N) is 1. The number of para-hydroxylation sites is 2. The highest BCUT2D eigenvalue weighted by atomic mass is 16.5. The molecule has 5 nitrogen and oxygen atoms in total. The van der Waals surface area contributed by atoms with Gasteiger partial charge in [0.1, 0.15) is 5.75 Å². The molecule has 1 fully saturated rings. The lowest BCUT2D eigenvalue weighted by molar-refractivity contribution is 0.0999. The summed E-state index contributed by atoms with van der Waals surface area (Å²) in [6, 6.07) is 19.0. The van der Waals surface area contributed by atoms with Crippen LogP contribution in [0.5, 0.6) is 5.75 Å². The number of ether oxygens (including phenoxy) is 1. The first-order valence-corrected chi connectivity index (χ1v) is 12.3. The normalized spacial score (nSPS) is 14.6. The van der Waals surface area contributed by atoms with Gasteiger partial charge in [-0.05, 0) is 58.9 Å². The number of nitrogens with zero attached hydrogens (tertiary/aromatic N) is 2. The van der Waals surface area contributed by atoms with Gasteiger partial charge < -0.3 is 20.3 Å². The van der Waals surface area contributed by atoms with Crippen molar-refractivity contribution in [3.8, 4) is 16.9 Å². The van der Waals surface area contributed by atoms with Crippen molar-refractivity contribution in [1.82, 2.24) is 0 Å². The first kappa shape index (κ1) is 22.3. The number of methoxy groups -OCH3 is 1. The number of hydrogen-bond donors (Lipinski definition) is 1. The zero-order valence-corrected chi connectivity index (χ0v) is 20.1. The van der Waals surface area contributed by atoms with Gasteiger partial charge in [-0.2, -0.15) is 0 Å². The number of carbonyl (C=O) groups excluding carboxylic acids is 1. The molecule has 1 heterocycles. The smallest absolute Gasteiger partial charge is 0.251 e. The number of carbonyl (C=O) groups is 1. The Morgan fingerprint density at radius 1 is 0.971 bits per heavy atom. The third-order valence-electron chi connectivity index (χ3n) is 7.23. The van der Waals surface area contributed by atoms with Gasteiger partial charge in [0, 0.05) is 32.6 Å². The number of aryl methyl sites for hydroxylation is 1. The van der Waals surface area contributed by atoms with E-state index in [1.807, 2.05) is 12.1 Å². The third kappa shape index (κ3) is 3.89. The first-order valence-electron chi connectivity index (χ1n) is 12.3. The van der Waals surface area contributed by atoms with Crippen LogP contribution in [0.2, 0.25) is 0 Å². The van der Waals surface area contributed by atoms with Gasteiger partial charge >= 0.3 is 0 Å². The predicted molar refractivity (Wildman–Crippen MR) is 139 cm³/mol. The molecule has 34 heavy (non-hydrogen) atoms. The van der Waals surface area contributed by atoms with Crippen molar-refractivity contribution in [2.45, 2.75) is 32.6 Å². The van der Waals surface area contributed by atoms with Crippen molar-refractivity contribution in [3.63, 3.8) is 0 Å². The van der Waals surface area contributed by atoms with Crippen LogP contribution < -0.4 is 20.3 Å². The van der Waals surface area contributed by atoms with Crippen molar-refractivity contribution in [3.05, 3.63) is 76.9 Å². The SMILES string of the molecule is CCCCc1cc2c(c(N3CCN(c4ccccc4OC)CC3)c1C(N)=O)Cc1ccccc1-2. The molecule has 1 amide bonds. The minimum atomic E-state index is -0.313. The number of primary amides is 1. The summed E-state index contributed by atoms with van der Waals surface area (Å²) in [5.41, 5.74) is 15.2. The van der Waals surface area contributed by atoms with Crippen LogP contribution in [-0.2, 0) is 12.8 Å². The Morgan fingerprint density at radius 2 is 1.68 bits per heavy atom. The van der Waals surface area contributed by atoms with Crippen molar-refractivity contribution in [1.29, 1.82) is 0 Å². The Balaban J connectivity index is 1.54. The summed E-state index contributed by atoms with van der Waals surface area (Å²) in [5, 5.41) is 0. The Labute approximate surface area is 202 Å². The maximum absolute atomic E-state index is 12.9. The van der Waals surface area contributed by atoms with Gasteiger partial charge in [-0.3, -0.25) is 4.79 Å². The first-order chi connectivity index (χ1) is 16.6. The summed E-state index contributed by atoms with van der Waals surface area (Å²) in [6.45, 7) is 5.57. The van der Waals surface area contributed by atoms with Gasteiger partial charge in [0.15, 0.2) is 0 Å². The Kier molecular flexibility index (Phi) is 6.18. The second-order valence-corrected chi connectivity index (χ2v) is 9.23. The fourth-order valence-electron chi connectivity index (χ4n) is 5.56. The fourth-order valence-corrected chi connectivity index (χ4v) is 5.56. The molecular weight excluding hydrogens is 422 g/mol. The van der Waals surface area contributed by atoms with Crippen LogP contribution in [-0.4, -0.2) is 39.2 Å². The van der Waals surface area contributed by atoms with Crippen LogP contribution in [0.1, 0.15) is 46.8 Å². The molecule has 2 N–H and O–H groups in total. The van der Waals surface area contributed by atoms with Gasteiger partial charge in [-0.15, -0.1) is 0 Å². The molecular formula is C29H33N3O2. The van der Waals surface area contributed by atoms with Gasteiger partial charge in [-0.1, -0.05) is 49.7 Å². The van der Waals surface area contributed by atoms with E-state index in [0.717, 1.165) is 80.1 Å². The van der Waals surface area contributed by atoms with Crippen molar-refractivity contribution < 1.29 is 9.53 Å². The molecule has 0 aromatic heterocycles. The fraction of sp³-hybridized carbons (Fsp3) is 0.345. The van der Waals surface area contributed by atoms with Crippen LogP contribution in [0.4, 0.5) is 11.4 Å². The number of amides is 1. The molecule has 3 aromatic carbocycles. The molecule has 1 aliphatic carbocycles. The van der Waals surface area contributed by atoms with E-state index >= 15 is 0 Å². The Hall–Kier alpha value is -3.47. The highest BCUT2D eigenvalue weighted by Crippen LogP contribution is 2.45. The molecule has 0 spiro atoms. The molecule has 0 saturated carbocycles. The number of piperazine rings is 1. The molecule has 5 rings (SSSR count). The van der Waals surface area contributed by atoms with Gasteiger partial charge in [0.25, 0.3) is 5.91 Å². The van der Waals surface area contributed by atoms with Crippen molar-refractivity contribution >= 4 is 17.3 Å². The molecule has 0 radical (unpaired) electrons. The predicted octanol–water partition coefficient (Wildman–Crippen LogP) is 5.03. The molecule has 176 valence electrons. The van der Waals surface area contributed by atoms with E-state index in [0.29, 0.717) is 0 Å². The molecule has 1 aliphatic heterocycles. The molecule has 3 aromatic rings. The summed E-state index contributed by atoms with van der Waals surface area (Å²) in [6.07, 6.45) is 3.85. The number of fused-ring (bicyclic) bond motifs is 3. The maximum Gasteiger partial charge on any atom is 0.251 e. The summed E-state index contributed by atoms with van der Waals surface area (Å²) in [5.74, 6) is 0.582. The van der Waals surface area contributed by atoms with E-state index in [1.165, 1.54) is 22.3 Å². The van der Waals surface area contributed by atoms with Gasteiger partial charge in [-0.25, -0.2) is 0 Å². The quantitative estimate of drug-likeness (QED) is 0.424. The number of rotatable bonds is 7. The summed E-state index contributed by atoms with van der Waals surface area (Å²) in [7, 11) is 1.72. The average Bonchev–Trinajstić information content (AvgIpc) is 3.24. The minimum absolute atomic E-state index is 0.313. The van der Waals surface area contributed by atoms with Gasteiger partial charge in [0.2, 0.25) is 0 Å². The second-order valence-electron chi connectivity index (χ2n) is 9.23. The zero-order valence-electron chi connectivity index (χ0n) is 20.1. The highest BCUT2D eigenvalue weighted by molar-refractivity contribution is 6.03. The van der Waals surface area contributed by atoms with Crippen LogP contribution in [0.25, 0.3) is 11.1 Å². The molecule has 0 bridgehead atoms. The van der Waals surface area contributed by atoms with E-state index in [4.69, 9.17) is 10.5 Å². The van der Waals surface area contributed by atoms with E-state index < -0.39 is 0 Å². The van der Waals surface area contributed by atoms with E-state index in [-0.39, 0.29) is 5.91 Å². The number of anilines is 2. The minimum Gasteiger partial charge on any atom is -0.495 e. The molecule has 2 aliphatic rings. The standard InChI is InChI=1S/C29H33N3O2/c1-3-4-9-21-19-23-22-11-6-5-10-20(22)18-24(23)28(27(21)29(30)33)32-16-14-31(15-17-32)25-12-7-8-13-26(25)34-2/h5-8,10-13,19H,3-4,9,14-18H2,1-2H3,(H2,30,33). The van der Waals surface area contributed by atoms with E-state index in [9.17, 15) is 4.79 Å². The highest BCUT2D eigenvalue weighted by Gasteiger charge is 2.31. The molecule has 0 unspecified atom stereocenters. The van der Waals surface area contributed by atoms with Crippen LogP contribution in [0.3, 0.4) is 0 Å². The lowest BCUT2D eigenvalue weighted by Gasteiger charge is -2.39. The largest absolute Gasteiger partial charge is 0.495 e. The zero-order chi connectivity index (χ0) is 23.7. The molecule has 1 saturated heterocycles. The Morgan fingerprint density at radius 3 is 2.41 bits per heavy atom. The maximum atomic E-state index is 12.9. The monoisotopic (exact) mass is 455 g/mol. The van der Waals surface area contributed by atoms with Crippen LogP contribution >= 0.6 is 0 Å².